The van der Waals surface area contributed by atoms with Crippen LogP contribution in [0.3, 0.4) is 0 Å². The molecule has 5 nitrogen and oxygen atoms in total. The van der Waals surface area contributed by atoms with E-state index in [0.717, 1.165) is 11.4 Å². The molecule has 0 aliphatic heterocycles. The van der Waals surface area contributed by atoms with E-state index in [4.69, 9.17) is 0 Å². The number of carbonyl (C=O) groups excluding carboxylic acids is 1. The molecule has 0 amide bonds. The predicted molar refractivity (Wildman–Crippen MR) is 74.6 cm³/mol. The quantitative estimate of drug-likeness (QED) is 0.820. The zero-order valence-electron chi connectivity index (χ0n) is 11.5. The molecule has 0 unspecified atom stereocenters. The normalized spacial score (nSPS) is 10.3. The second-order valence-electron chi connectivity index (χ2n) is 4.55. The first-order valence-electron chi connectivity index (χ1n) is 6.41. The van der Waals surface area contributed by atoms with Crippen LogP contribution in [0.5, 0.6) is 0 Å². The Kier molecular flexibility index (Phi) is 4.30. The SMILES string of the molecule is Cc1cccc(N(CCC(=O)[O-])c2cccc(C)n2)n1. The molecule has 0 spiro atoms. The van der Waals surface area contributed by atoms with E-state index in [2.05, 4.69) is 9.97 Å². The number of carboxylic acids is 1. The van der Waals surface area contributed by atoms with E-state index in [9.17, 15) is 9.90 Å². The van der Waals surface area contributed by atoms with Gasteiger partial charge >= 0.3 is 0 Å². The highest BCUT2D eigenvalue weighted by atomic mass is 16.4. The van der Waals surface area contributed by atoms with E-state index < -0.39 is 5.97 Å². The Labute approximate surface area is 117 Å². The third-order valence-electron chi connectivity index (χ3n) is 2.84. The molecule has 0 atom stereocenters. The minimum atomic E-state index is -1.09. The maximum absolute atomic E-state index is 10.7. The lowest BCUT2D eigenvalue weighted by molar-refractivity contribution is -0.305. The van der Waals surface area contributed by atoms with Gasteiger partial charge in [0.05, 0.1) is 0 Å². The van der Waals surface area contributed by atoms with Gasteiger partial charge in [0.2, 0.25) is 0 Å². The Morgan fingerprint density at radius 1 is 1.05 bits per heavy atom. The molecule has 20 heavy (non-hydrogen) atoms. The fourth-order valence-corrected chi connectivity index (χ4v) is 1.91. The average Bonchev–Trinajstić information content (AvgIpc) is 2.39. The highest BCUT2D eigenvalue weighted by Gasteiger charge is 2.12. The van der Waals surface area contributed by atoms with Crippen LogP contribution in [0.2, 0.25) is 0 Å². The smallest absolute Gasteiger partial charge is 0.134 e. The fourth-order valence-electron chi connectivity index (χ4n) is 1.91. The summed E-state index contributed by atoms with van der Waals surface area (Å²) in [7, 11) is 0. The fraction of sp³-hybridized carbons (Fsp3) is 0.267. The lowest BCUT2D eigenvalue weighted by Crippen LogP contribution is -2.29. The van der Waals surface area contributed by atoms with Crippen molar-refractivity contribution in [1.29, 1.82) is 0 Å². The Morgan fingerprint density at radius 2 is 1.55 bits per heavy atom. The summed E-state index contributed by atoms with van der Waals surface area (Å²) in [4.78, 5) is 21.4. The first-order chi connectivity index (χ1) is 9.56. The zero-order valence-corrected chi connectivity index (χ0v) is 11.5. The van der Waals surface area contributed by atoms with Crippen molar-refractivity contribution in [3.8, 4) is 0 Å². The first kappa shape index (κ1) is 14.0. The Morgan fingerprint density at radius 3 is 1.95 bits per heavy atom. The number of anilines is 2. The molecule has 0 bridgehead atoms. The van der Waals surface area contributed by atoms with Crippen LogP contribution < -0.4 is 10.0 Å². The molecule has 0 radical (unpaired) electrons. The number of aryl methyl sites for hydroxylation is 2. The van der Waals surface area contributed by atoms with Gasteiger partial charge in [-0.15, -0.1) is 0 Å². The summed E-state index contributed by atoms with van der Waals surface area (Å²) in [5.74, 6) is 0.281. The maximum Gasteiger partial charge on any atom is 0.134 e. The van der Waals surface area contributed by atoms with Crippen LogP contribution in [0.15, 0.2) is 36.4 Å². The van der Waals surface area contributed by atoms with Crippen LogP contribution in [-0.4, -0.2) is 22.5 Å². The molecular weight excluding hydrogens is 254 g/mol. The summed E-state index contributed by atoms with van der Waals surface area (Å²) in [5.41, 5.74) is 1.74. The highest BCUT2D eigenvalue weighted by molar-refractivity contribution is 5.66. The summed E-state index contributed by atoms with van der Waals surface area (Å²) < 4.78 is 0. The largest absolute Gasteiger partial charge is 0.550 e. The number of aliphatic carboxylic acids is 1. The van der Waals surface area contributed by atoms with Gasteiger partial charge in [0.1, 0.15) is 11.6 Å². The molecule has 0 N–H and O–H groups in total. The lowest BCUT2D eigenvalue weighted by Gasteiger charge is -2.23. The number of aromatic nitrogens is 2. The average molecular weight is 270 g/mol. The number of nitrogens with zero attached hydrogens (tertiary/aromatic N) is 3. The van der Waals surface area contributed by atoms with Crippen LogP contribution in [0.1, 0.15) is 17.8 Å². The minimum absolute atomic E-state index is 0.0781. The summed E-state index contributed by atoms with van der Waals surface area (Å²) in [6.07, 6.45) is -0.0781. The minimum Gasteiger partial charge on any atom is -0.550 e. The number of pyridine rings is 2. The van der Waals surface area contributed by atoms with Crippen molar-refractivity contribution in [2.45, 2.75) is 20.3 Å². The molecule has 5 heteroatoms. The molecule has 2 rings (SSSR count). The highest BCUT2D eigenvalue weighted by Crippen LogP contribution is 2.22. The standard InChI is InChI=1S/C15H17N3O2/c1-11-5-3-7-13(16-11)18(10-9-15(19)20)14-8-4-6-12(2)17-14/h3-8H,9-10H2,1-2H3,(H,19,20)/p-1. The van der Waals surface area contributed by atoms with Crippen LogP contribution in [0.4, 0.5) is 11.6 Å². The first-order valence-corrected chi connectivity index (χ1v) is 6.41. The molecule has 2 aromatic heterocycles. The lowest BCUT2D eigenvalue weighted by atomic mass is 10.3. The van der Waals surface area contributed by atoms with Crippen molar-refractivity contribution >= 4 is 17.6 Å². The van der Waals surface area contributed by atoms with E-state index in [0.29, 0.717) is 11.6 Å². The molecule has 2 heterocycles. The molecule has 0 aliphatic rings. The van der Waals surface area contributed by atoms with Crippen molar-refractivity contribution in [3.63, 3.8) is 0 Å². The van der Waals surface area contributed by atoms with Crippen LogP contribution >= 0.6 is 0 Å². The Hall–Kier alpha value is -2.43. The monoisotopic (exact) mass is 270 g/mol. The van der Waals surface area contributed by atoms with E-state index in [-0.39, 0.29) is 13.0 Å². The predicted octanol–water partition coefficient (Wildman–Crippen LogP) is 1.37. The van der Waals surface area contributed by atoms with Crippen molar-refractivity contribution in [3.05, 3.63) is 47.8 Å². The van der Waals surface area contributed by atoms with Crippen molar-refractivity contribution in [2.24, 2.45) is 0 Å². The summed E-state index contributed by atoms with van der Waals surface area (Å²) in [5, 5.41) is 10.7. The molecule has 2 aromatic rings. The van der Waals surface area contributed by atoms with Gasteiger partial charge in [-0.1, -0.05) is 12.1 Å². The molecule has 0 fully saturated rings. The van der Waals surface area contributed by atoms with Gasteiger partial charge in [0, 0.05) is 30.3 Å². The zero-order chi connectivity index (χ0) is 14.5. The van der Waals surface area contributed by atoms with Crippen molar-refractivity contribution in [2.75, 3.05) is 11.4 Å². The van der Waals surface area contributed by atoms with Gasteiger partial charge in [0.15, 0.2) is 0 Å². The summed E-state index contributed by atoms with van der Waals surface area (Å²) in [6.45, 7) is 4.06. The second kappa shape index (κ2) is 6.14. The second-order valence-corrected chi connectivity index (χ2v) is 4.55. The van der Waals surface area contributed by atoms with Crippen molar-refractivity contribution < 1.29 is 9.90 Å². The molecule has 0 aromatic carbocycles. The molecular formula is C15H16N3O2-. The van der Waals surface area contributed by atoms with Gasteiger partial charge in [-0.25, -0.2) is 9.97 Å². The van der Waals surface area contributed by atoms with Crippen molar-refractivity contribution in [1.82, 2.24) is 9.97 Å². The summed E-state index contributed by atoms with van der Waals surface area (Å²) >= 11 is 0. The topological polar surface area (TPSA) is 69.2 Å². The number of hydrogen-bond donors (Lipinski definition) is 0. The van der Waals surface area contributed by atoms with Crippen LogP contribution in [0.25, 0.3) is 0 Å². The molecule has 0 saturated heterocycles. The molecule has 0 saturated carbocycles. The maximum atomic E-state index is 10.7. The van der Waals surface area contributed by atoms with Gasteiger partial charge in [-0.3, -0.25) is 0 Å². The third-order valence-corrected chi connectivity index (χ3v) is 2.84. The van der Waals surface area contributed by atoms with E-state index in [1.165, 1.54) is 0 Å². The number of carboxylic acid groups (broad SMARTS) is 1. The van der Waals surface area contributed by atoms with Crippen LogP contribution in [0, 0.1) is 13.8 Å². The molecule has 0 aliphatic carbocycles. The number of rotatable bonds is 5. The Balaban J connectivity index is 2.36. The number of carbonyl (C=O) groups is 1. The van der Waals surface area contributed by atoms with Crippen LogP contribution in [-0.2, 0) is 4.79 Å². The van der Waals surface area contributed by atoms with E-state index in [1.54, 1.807) is 4.90 Å². The molecule has 104 valence electrons. The van der Waals surface area contributed by atoms with Gasteiger partial charge in [0.25, 0.3) is 0 Å². The van der Waals surface area contributed by atoms with Gasteiger partial charge < -0.3 is 14.8 Å². The number of hydrogen-bond acceptors (Lipinski definition) is 5. The summed E-state index contributed by atoms with van der Waals surface area (Å²) in [6, 6.07) is 11.2. The Bertz CT molecular complexity index is 568. The van der Waals surface area contributed by atoms with Gasteiger partial charge in [-0.05, 0) is 38.1 Å². The van der Waals surface area contributed by atoms with E-state index in [1.807, 2.05) is 50.2 Å². The van der Waals surface area contributed by atoms with Gasteiger partial charge in [-0.2, -0.15) is 0 Å². The third kappa shape index (κ3) is 3.54. The van der Waals surface area contributed by atoms with E-state index >= 15 is 0 Å².